The zero-order chi connectivity index (χ0) is 14.8. The molecule has 1 amide bonds. The van der Waals surface area contributed by atoms with Crippen molar-refractivity contribution in [3.63, 3.8) is 0 Å². The van der Waals surface area contributed by atoms with Crippen molar-refractivity contribution in [2.24, 2.45) is 0 Å². The molecule has 0 aliphatic carbocycles. The van der Waals surface area contributed by atoms with Crippen molar-refractivity contribution in [3.05, 3.63) is 24.0 Å². The van der Waals surface area contributed by atoms with E-state index in [0.29, 0.717) is 30.2 Å². The maximum absolute atomic E-state index is 12.0. The average molecular weight is 289 g/mol. The van der Waals surface area contributed by atoms with Crippen LogP contribution in [0.3, 0.4) is 0 Å². The van der Waals surface area contributed by atoms with Gasteiger partial charge in [-0.15, -0.1) is 10.2 Å². The summed E-state index contributed by atoms with van der Waals surface area (Å²) in [7, 11) is 3.15. The maximum atomic E-state index is 12.0. The number of amides is 1. The second kappa shape index (κ2) is 5.39. The van der Waals surface area contributed by atoms with E-state index in [1.165, 1.54) is 0 Å². The lowest BCUT2D eigenvalue weighted by Crippen LogP contribution is -2.54. The molecule has 1 aliphatic rings. The molecule has 21 heavy (non-hydrogen) atoms. The molecule has 1 atom stereocenters. The van der Waals surface area contributed by atoms with E-state index in [4.69, 9.17) is 9.47 Å². The number of hydrogen-bond donors (Lipinski definition) is 1. The second-order valence-electron chi connectivity index (χ2n) is 4.69. The van der Waals surface area contributed by atoms with Gasteiger partial charge < -0.3 is 14.4 Å². The number of hydrogen-bond acceptors (Lipinski definition) is 6. The van der Waals surface area contributed by atoms with Crippen molar-refractivity contribution in [1.29, 1.82) is 0 Å². The number of tetrazole rings is 1. The van der Waals surface area contributed by atoms with Crippen molar-refractivity contribution >= 4 is 11.6 Å². The van der Waals surface area contributed by atoms with Gasteiger partial charge in [-0.05, 0) is 12.1 Å². The summed E-state index contributed by atoms with van der Waals surface area (Å²) in [4.78, 5) is 13.7. The van der Waals surface area contributed by atoms with Crippen molar-refractivity contribution < 1.29 is 14.3 Å². The summed E-state index contributed by atoms with van der Waals surface area (Å²) in [5.74, 6) is 1.91. The molecule has 1 fully saturated rings. The van der Waals surface area contributed by atoms with Crippen molar-refractivity contribution in [2.75, 3.05) is 19.1 Å². The number of benzene rings is 1. The molecular formula is C13H15N5O3. The molecule has 0 radical (unpaired) electrons. The van der Waals surface area contributed by atoms with Crippen LogP contribution in [0.4, 0.5) is 5.69 Å². The van der Waals surface area contributed by atoms with E-state index in [2.05, 4.69) is 20.6 Å². The molecule has 110 valence electrons. The molecule has 2 aromatic rings. The predicted octanol–water partition coefficient (Wildman–Crippen LogP) is 0.565. The highest BCUT2D eigenvalue weighted by Crippen LogP contribution is 2.38. The molecule has 8 heteroatoms. The number of ether oxygens (including phenoxy) is 2. The van der Waals surface area contributed by atoms with Crippen LogP contribution in [0.5, 0.6) is 11.5 Å². The molecule has 1 aromatic heterocycles. The number of aromatic amines is 1. The summed E-state index contributed by atoms with van der Waals surface area (Å²) >= 11 is 0. The fourth-order valence-corrected chi connectivity index (χ4v) is 2.44. The number of aromatic nitrogens is 4. The van der Waals surface area contributed by atoms with E-state index >= 15 is 0 Å². The van der Waals surface area contributed by atoms with E-state index in [1.807, 2.05) is 6.07 Å². The number of nitrogens with one attached hydrogen (secondary N) is 1. The zero-order valence-electron chi connectivity index (χ0n) is 11.7. The third kappa shape index (κ3) is 2.39. The normalized spacial score (nSPS) is 17.5. The van der Waals surface area contributed by atoms with E-state index in [-0.39, 0.29) is 11.9 Å². The van der Waals surface area contributed by atoms with Gasteiger partial charge in [0.25, 0.3) is 0 Å². The van der Waals surface area contributed by atoms with Crippen LogP contribution in [-0.2, 0) is 11.2 Å². The molecule has 8 nitrogen and oxygen atoms in total. The highest BCUT2D eigenvalue weighted by atomic mass is 16.5. The Kier molecular flexibility index (Phi) is 3.43. The third-order valence-electron chi connectivity index (χ3n) is 3.50. The monoisotopic (exact) mass is 289 g/mol. The highest BCUT2D eigenvalue weighted by Gasteiger charge is 2.39. The van der Waals surface area contributed by atoms with Crippen LogP contribution < -0.4 is 14.4 Å². The summed E-state index contributed by atoms with van der Waals surface area (Å²) in [6, 6.07) is 5.39. The van der Waals surface area contributed by atoms with Gasteiger partial charge in [0.15, 0.2) is 5.82 Å². The van der Waals surface area contributed by atoms with Gasteiger partial charge in [-0.25, -0.2) is 0 Å². The van der Waals surface area contributed by atoms with E-state index in [1.54, 1.807) is 31.3 Å². The first-order valence-electron chi connectivity index (χ1n) is 6.49. The van der Waals surface area contributed by atoms with Gasteiger partial charge in [0, 0.05) is 18.9 Å². The Labute approximate surface area is 121 Å². The van der Waals surface area contributed by atoms with Gasteiger partial charge in [-0.2, -0.15) is 5.21 Å². The predicted molar refractivity (Wildman–Crippen MR) is 73.3 cm³/mol. The standard InChI is InChI=1S/C13H15N5O3/c1-20-9-3-4-10(11(7-9)21-2)18-8(6-13(18)19)5-12-14-16-17-15-12/h3-4,7-8H,5-6H2,1-2H3,(H,14,15,16,17). The molecule has 1 saturated heterocycles. The molecule has 1 aliphatic heterocycles. The van der Waals surface area contributed by atoms with Gasteiger partial charge >= 0.3 is 0 Å². The lowest BCUT2D eigenvalue weighted by molar-refractivity contribution is -0.124. The van der Waals surface area contributed by atoms with E-state index < -0.39 is 0 Å². The zero-order valence-corrected chi connectivity index (χ0v) is 11.7. The number of nitrogens with zero attached hydrogens (tertiary/aromatic N) is 4. The van der Waals surface area contributed by atoms with Gasteiger partial charge in [0.1, 0.15) is 11.5 Å². The molecule has 1 N–H and O–H groups in total. The summed E-state index contributed by atoms with van der Waals surface area (Å²) in [5, 5.41) is 13.8. The number of H-pyrrole nitrogens is 1. The first-order chi connectivity index (χ1) is 10.2. The van der Waals surface area contributed by atoms with Crippen LogP contribution in [0.2, 0.25) is 0 Å². The Morgan fingerprint density at radius 2 is 2.24 bits per heavy atom. The Morgan fingerprint density at radius 1 is 1.38 bits per heavy atom. The number of β-lactam (4-membered cyclic amide) rings is 1. The van der Waals surface area contributed by atoms with Crippen LogP contribution in [0.1, 0.15) is 12.2 Å². The molecule has 0 spiro atoms. The lowest BCUT2D eigenvalue weighted by Gasteiger charge is -2.40. The molecule has 2 heterocycles. The minimum atomic E-state index is 0.0115. The number of anilines is 1. The summed E-state index contributed by atoms with van der Waals surface area (Å²) in [5.41, 5.74) is 0.725. The Hall–Kier alpha value is -2.64. The van der Waals surface area contributed by atoms with Crippen LogP contribution in [0.25, 0.3) is 0 Å². The van der Waals surface area contributed by atoms with Crippen molar-refractivity contribution in [3.8, 4) is 11.5 Å². The second-order valence-corrected chi connectivity index (χ2v) is 4.69. The number of rotatable bonds is 5. The number of carbonyl (C=O) groups excluding carboxylic acids is 1. The van der Waals surface area contributed by atoms with Crippen molar-refractivity contribution in [2.45, 2.75) is 18.9 Å². The average Bonchev–Trinajstić information content (AvgIpc) is 3.00. The van der Waals surface area contributed by atoms with Gasteiger partial charge in [-0.1, -0.05) is 5.21 Å². The SMILES string of the molecule is COc1ccc(N2C(=O)CC2Cc2nn[nH]n2)c(OC)c1. The van der Waals surface area contributed by atoms with Crippen LogP contribution in [0.15, 0.2) is 18.2 Å². The van der Waals surface area contributed by atoms with Gasteiger partial charge in [0.05, 0.1) is 25.9 Å². The molecule has 0 bridgehead atoms. The quantitative estimate of drug-likeness (QED) is 0.809. The first kappa shape index (κ1) is 13.3. The smallest absolute Gasteiger partial charge is 0.229 e. The summed E-state index contributed by atoms with van der Waals surface area (Å²) < 4.78 is 10.5. The molecule has 3 rings (SSSR count). The minimum Gasteiger partial charge on any atom is -0.497 e. The summed E-state index contributed by atoms with van der Waals surface area (Å²) in [6.07, 6.45) is 1.02. The van der Waals surface area contributed by atoms with Gasteiger partial charge in [0.2, 0.25) is 5.91 Å². The Morgan fingerprint density at radius 3 is 2.86 bits per heavy atom. The topological polar surface area (TPSA) is 93.2 Å². The fourth-order valence-electron chi connectivity index (χ4n) is 2.44. The van der Waals surface area contributed by atoms with Gasteiger partial charge in [-0.3, -0.25) is 4.79 Å². The first-order valence-corrected chi connectivity index (χ1v) is 6.49. The number of methoxy groups -OCH3 is 2. The van der Waals surface area contributed by atoms with E-state index in [0.717, 1.165) is 5.69 Å². The lowest BCUT2D eigenvalue weighted by atomic mass is 9.96. The Bertz CT molecular complexity index is 643. The van der Waals surface area contributed by atoms with Crippen LogP contribution in [-0.4, -0.2) is 46.8 Å². The molecular weight excluding hydrogens is 274 g/mol. The fraction of sp³-hybridized carbons (Fsp3) is 0.385. The molecule has 1 unspecified atom stereocenters. The maximum Gasteiger partial charge on any atom is 0.229 e. The number of carbonyl (C=O) groups is 1. The summed E-state index contributed by atoms with van der Waals surface area (Å²) in [6.45, 7) is 0. The van der Waals surface area contributed by atoms with E-state index in [9.17, 15) is 4.79 Å². The minimum absolute atomic E-state index is 0.0115. The van der Waals surface area contributed by atoms with Crippen LogP contribution >= 0.6 is 0 Å². The Balaban J connectivity index is 1.85. The molecule has 1 aromatic carbocycles. The van der Waals surface area contributed by atoms with Crippen molar-refractivity contribution in [1.82, 2.24) is 20.6 Å². The van der Waals surface area contributed by atoms with Crippen LogP contribution in [0, 0.1) is 0 Å². The highest BCUT2D eigenvalue weighted by molar-refractivity contribution is 6.02. The third-order valence-corrected chi connectivity index (χ3v) is 3.50. The molecule has 0 saturated carbocycles. The largest absolute Gasteiger partial charge is 0.497 e.